The molecule has 0 unspecified atom stereocenters. The fourth-order valence-corrected chi connectivity index (χ4v) is 3.43. The van der Waals surface area contributed by atoms with Crippen LogP contribution in [0.25, 0.3) is 20.7 Å². The Balaban J connectivity index is 2.37. The van der Waals surface area contributed by atoms with Crippen LogP contribution in [-0.2, 0) is 0 Å². The van der Waals surface area contributed by atoms with Crippen LogP contribution in [-0.4, -0.2) is 9.97 Å². The highest BCUT2D eigenvalue weighted by molar-refractivity contribution is 7.22. The number of aromatic amines is 1. The molecule has 3 nitrogen and oxygen atoms in total. The number of benzene rings is 1. The predicted molar refractivity (Wildman–Crippen MR) is 75.4 cm³/mol. The Kier molecular flexibility index (Phi) is 2.69. The maximum atomic E-state index is 11.9. The molecule has 0 saturated heterocycles. The summed E-state index contributed by atoms with van der Waals surface area (Å²) in [6, 6.07) is 9.77. The second-order valence-corrected chi connectivity index (χ2v) is 5.32. The van der Waals surface area contributed by atoms with Crippen molar-refractivity contribution >= 4 is 33.2 Å². The fraction of sp³-hybridized carbons (Fsp3) is 0.0769. The van der Waals surface area contributed by atoms with E-state index in [9.17, 15) is 4.79 Å². The van der Waals surface area contributed by atoms with Crippen LogP contribution in [0.1, 0.15) is 5.82 Å². The third kappa shape index (κ3) is 1.74. The summed E-state index contributed by atoms with van der Waals surface area (Å²) in [4.78, 5) is 20.5. The lowest BCUT2D eigenvalue weighted by atomic mass is 10.2. The molecule has 90 valence electrons. The molecule has 0 amide bonds. The maximum Gasteiger partial charge on any atom is 0.261 e. The summed E-state index contributed by atoms with van der Waals surface area (Å²) in [6.45, 7) is 1.76. The summed E-state index contributed by atoms with van der Waals surface area (Å²) in [7, 11) is 0. The van der Waals surface area contributed by atoms with Crippen LogP contribution >= 0.6 is 22.9 Å². The van der Waals surface area contributed by atoms with Crippen molar-refractivity contribution in [3.8, 4) is 10.4 Å². The quantitative estimate of drug-likeness (QED) is 0.738. The van der Waals surface area contributed by atoms with E-state index >= 15 is 0 Å². The van der Waals surface area contributed by atoms with E-state index < -0.39 is 0 Å². The average Bonchev–Trinajstić information content (AvgIpc) is 2.67. The third-order valence-electron chi connectivity index (χ3n) is 2.66. The van der Waals surface area contributed by atoms with Crippen molar-refractivity contribution in [1.82, 2.24) is 9.97 Å². The number of rotatable bonds is 1. The number of H-pyrrole nitrogens is 1. The van der Waals surface area contributed by atoms with Gasteiger partial charge >= 0.3 is 0 Å². The zero-order valence-corrected chi connectivity index (χ0v) is 11.1. The van der Waals surface area contributed by atoms with Gasteiger partial charge in [-0.2, -0.15) is 0 Å². The molecular weight excluding hydrogens is 268 g/mol. The summed E-state index contributed by atoms with van der Waals surface area (Å²) in [5, 5.41) is 0.959. The van der Waals surface area contributed by atoms with Gasteiger partial charge in [0.2, 0.25) is 0 Å². The van der Waals surface area contributed by atoms with Gasteiger partial charge in [0, 0.05) is 0 Å². The molecule has 0 spiro atoms. The second-order valence-electron chi connectivity index (χ2n) is 3.94. The van der Waals surface area contributed by atoms with Crippen LogP contribution in [0.3, 0.4) is 0 Å². The monoisotopic (exact) mass is 276 g/mol. The van der Waals surface area contributed by atoms with Crippen molar-refractivity contribution in [2.75, 3.05) is 0 Å². The molecule has 0 fully saturated rings. The lowest BCUT2D eigenvalue weighted by molar-refractivity contribution is 1.07. The zero-order chi connectivity index (χ0) is 12.7. The summed E-state index contributed by atoms with van der Waals surface area (Å²) in [5.74, 6) is 0.602. The Labute approximate surface area is 112 Å². The molecular formula is C13H9ClN2OS. The van der Waals surface area contributed by atoms with Gasteiger partial charge < -0.3 is 4.98 Å². The Morgan fingerprint density at radius 2 is 2.00 bits per heavy atom. The van der Waals surface area contributed by atoms with Gasteiger partial charge in [0.05, 0.1) is 15.3 Å². The molecule has 0 aliphatic heterocycles. The molecule has 18 heavy (non-hydrogen) atoms. The zero-order valence-electron chi connectivity index (χ0n) is 9.53. The number of thiophene rings is 1. The minimum atomic E-state index is -0.180. The molecule has 2 heterocycles. The first-order chi connectivity index (χ1) is 8.66. The van der Waals surface area contributed by atoms with Crippen LogP contribution < -0.4 is 5.56 Å². The molecule has 3 aromatic rings. The molecule has 0 atom stereocenters. The lowest BCUT2D eigenvalue weighted by Gasteiger charge is -1.96. The number of halogens is 1. The highest BCUT2D eigenvalue weighted by Gasteiger charge is 2.16. The maximum absolute atomic E-state index is 11.9. The van der Waals surface area contributed by atoms with Gasteiger partial charge in [-0.3, -0.25) is 4.79 Å². The number of hydrogen-bond acceptors (Lipinski definition) is 3. The molecule has 5 heteroatoms. The van der Waals surface area contributed by atoms with E-state index in [0.717, 1.165) is 10.4 Å². The van der Waals surface area contributed by atoms with E-state index in [-0.39, 0.29) is 5.56 Å². The second kappa shape index (κ2) is 4.23. The summed E-state index contributed by atoms with van der Waals surface area (Å²) >= 11 is 7.74. The first-order valence-electron chi connectivity index (χ1n) is 5.41. The SMILES string of the molecule is Cc1nc2sc(-c3ccccc3)c(Cl)c2c(=O)[nH]1. The number of aromatic nitrogens is 2. The Morgan fingerprint density at radius 3 is 2.72 bits per heavy atom. The highest BCUT2D eigenvalue weighted by atomic mass is 35.5. The molecule has 1 N–H and O–H groups in total. The molecule has 0 saturated carbocycles. The fourth-order valence-electron chi connectivity index (χ4n) is 1.86. The van der Waals surface area contributed by atoms with Gasteiger partial charge in [-0.15, -0.1) is 11.3 Å². The third-order valence-corrected chi connectivity index (χ3v) is 4.28. The van der Waals surface area contributed by atoms with E-state index in [1.54, 1.807) is 6.92 Å². The number of aryl methyl sites for hydroxylation is 1. The van der Waals surface area contributed by atoms with Crippen LogP contribution in [0.4, 0.5) is 0 Å². The Bertz CT molecular complexity index is 777. The number of nitrogens with zero attached hydrogens (tertiary/aromatic N) is 1. The van der Waals surface area contributed by atoms with Gasteiger partial charge in [-0.1, -0.05) is 41.9 Å². The van der Waals surface area contributed by atoms with Gasteiger partial charge in [-0.05, 0) is 12.5 Å². The van der Waals surface area contributed by atoms with Crippen molar-refractivity contribution in [2.45, 2.75) is 6.92 Å². The number of nitrogens with one attached hydrogen (secondary N) is 1. The van der Waals surface area contributed by atoms with E-state index in [1.165, 1.54) is 11.3 Å². The summed E-state index contributed by atoms with van der Waals surface area (Å²) in [5.41, 5.74) is 0.823. The van der Waals surface area contributed by atoms with Crippen molar-refractivity contribution in [3.63, 3.8) is 0 Å². The predicted octanol–water partition coefficient (Wildman–Crippen LogP) is 3.61. The highest BCUT2D eigenvalue weighted by Crippen LogP contribution is 2.39. The summed E-state index contributed by atoms with van der Waals surface area (Å²) in [6.07, 6.45) is 0. The van der Waals surface area contributed by atoms with Crippen LogP contribution in [0.2, 0.25) is 5.02 Å². The minimum Gasteiger partial charge on any atom is -0.310 e. The average molecular weight is 277 g/mol. The normalized spacial score (nSPS) is 11.0. The lowest BCUT2D eigenvalue weighted by Crippen LogP contribution is -2.08. The molecule has 2 aromatic heterocycles. The van der Waals surface area contributed by atoms with Gasteiger partial charge in [0.25, 0.3) is 5.56 Å². The van der Waals surface area contributed by atoms with Crippen molar-refractivity contribution in [3.05, 3.63) is 51.5 Å². The first kappa shape index (κ1) is 11.4. The smallest absolute Gasteiger partial charge is 0.261 e. The molecule has 0 radical (unpaired) electrons. The van der Waals surface area contributed by atoms with Crippen molar-refractivity contribution < 1.29 is 0 Å². The van der Waals surface area contributed by atoms with Crippen LogP contribution in [0.5, 0.6) is 0 Å². The molecule has 3 rings (SSSR count). The topological polar surface area (TPSA) is 45.8 Å². The van der Waals surface area contributed by atoms with Crippen LogP contribution in [0.15, 0.2) is 35.1 Å². The van der Waals surface area contributed by atoms with E-state index in [1.807, 2.05) is 30.3 Å². The first-order valence-corrected chi connectivity index (χ1v) is 6.60. The molecule has 0 aliphatic carbocycles. The Morgan fingerprint density at radius 1 is 1.28 bits per heavy atom. The van der Waals surface area contributed by atoms with Gasteiger partial charge in [-0.25, -0.2) is 4.98 Å². The Hall–Kier alpha value is -1.65. The van der Waals surface area contributed by atoms with E-state index in [2.05, 4.69) is 9.97 Å². The van der Waals surface area contributed by atoms with E-state index in [4.69, 9.17) is 11.6 Å². The summed E-state index contributed by atoms with van der Waals surface area (Å²) < 4.78 is 0. The van der Waals surface area contributed by atoms with Gasteiger partial charge in [0.15, 0.2) is 0 Å². The van der Waals surface area contributed by atoms with Crippen molar-refractivity contribution in [2.24, 2.45) is 0 Å². The molecule has 0 bridgehead atoms. The van der Waals surface area contributed by atoms with E-state index in [0.29, 0.717) is 21.1 Å². The largest absolute Gasteiger partial charge is 0.310 e. The minimum absolute atomic E-state index is 0.180. The number of hydrogen-bond donors (Lipinski definition) is 1. The number of fused-ring (bicyclic) bond motifs is 1. The van der Waals surface area contributed by atoms with Crippen molar-refractivity contribution in [1.29, 1.82) is 0 Å². The standard InChI is InChI=1S/C13H9ClN2OS/c1-7-15-12(17)9-10(14)11(18-13(9)16-7)8-5-3-2-4-6-8/h2-6H,1H3,(H,15,16,17). The van der Waals surface area contributed by atoms with Gasteiger partial charge in [0.1, 0.15) is 10.7 Å². The van der Waals surface area contributed by atoms with Crippen LogP contribution in [0, 0.1) is 6.92 Å². The molecule has 1 aromatic carbocycles. The molecule has 0 aliphatic rings.